The Morgan fingerprint density at radius 3 is 2.65 bits per heavy atom. The molecule has 2 rings (SSSR count). The molecule has 3 nitrogen and oxygen atoms in total. The van der Waals surface area contributed by atoms with Gasteiger partial charge in [-0.25, -0.2) is 4.79 Å². The van der Waals surface area contributed by atoms with Gasteiger partial charge in [-0.3, -0.25) is 0 Å². The van der Waals surface area contributed by atoms with Crippen molar-refractivity contribution in [3.63, 3.8) is 0 Å². The summed E-state index contributed by atoms with van der Waals surface area (Å²) in [6.45, 7) is 0.165. The van der Waals surface area contributed by atoms with E-state index in [-0.39, 0.29) is 6.54 Å². The Morgan fingerprint density at radius 2 is 2.12 bits per heavy atom. The lowest BCUT2D eigenvalue weighted by Crippen LogP contribution is -2.13. The van der Waals surface area contributed by atoms with Crippen LogP contribution >= 0.6 is 15.9 Å². The van der Waals surface area contributed by atoms with Gasteiger partial charge in [-0.1, -0.05) is 15.9 Å². The number of amides is 1. The van der Waals surface area contributed by atoms with Crippen LogP contribution in [-0.2, 0) is 10.9 Å². The standard InChI is InChI=1S/C10H7BrF3NO2/c11-7-2-1-5(10(12,13)14)3-6(7)8-4-15-9(16)17-8/h1-3,8H,4H2,(H,15,16). The summed E-state index contributed by atoms with van der Waals surface area (Å²) in [6.07, 6.45) is -5.73. The van der Waals surface area contributed by atoms with E-state index >= 15 is 0 Å². The molecule has 1 aliphatic rings. The van der Waals surface area contributed by atoms with Crippen LogP contribution in [0.4, 0.5) is 18.0 Å². The van der Waals surface area contributed by atoms with Crippen LogP contribution in [0.2, 0.25) is 0 Å². The van der Waals surface area contributed by atoms with Gasteiger partial charge in [-0.05, 0) is 18.2 Å². The van der Waals surface area contributed by atoms with Crippen LogP contribution < -0.4 is 5.32 Å². The van der Waals surface area contributed by atoms with Crippen LogP contribution in [0.15, 0.2) is 22.7 Å². The second-order valence-corrected chi connectivity index (χ2v) is 4.36. The number of alkyl carbamates (subject to hydrolysis) is 1. The van der Waals surface area contributed by atoms with Crippen molar-refractivity contribution in [3.8, 4) is 0 Å². The van der Waals surface area contributed by atoms with Crippen molar-refractivity contribution in [2.45, 2.75) is 12.3 Å². The van der Waals surface area contributed by atoms with Crippen molar-refractivity contribution in [2.24, 2.45) is 0 Å². The van der Waals surface area contributed by atoms with Crippen LogP contribution in [0.25, 0.3) is 0 Å². The average Bonchev–Trinajstić information content (AvgIpc) is 2.63. The van der Waals surface area contributed by atoms with Crippen LogP contribution in [0.5, 0.6) is 0 Å². The van der Waals surface area contributed by atoms with Crippen molar-refractivity contribution in [1.82, 2.24) is 5.32 Å². The van der Waals surface area contributed by atoms with Gasteiger partial charge in [0.2, 0.25) is 0 Å². The first-order valence-corrected chi connectivity index (χ1v) is 5.48. The van der Waals surface area contributed by atoms with Gasteiger partial charge in [-0.15, -0.1) is 0 Å². The first-order valence-electron chi connectivity index (χ1n) is 4.69. The van der Waals surface area contributed by atoms with E-state index in [1.54, 1.807) is 0 Å². The molecule has 0 aromatic heterocycles. The molecule has 92 valence electrons. The molecular formula is C10H7BrF3NO2. The number of nitrogens with one attached hydrogen (secondary N) is 1. The minimum atomic E-state index is -4.41. The SMILES string of the molecule is O=C1NCC(c2cc(C(F)(F)F)ccc2Br)O1. The molecule has 1 N–H and O–H groups in total. The molecule has 1 aromatic rings. The zero-order valence-corrected chi connectivity index (χ0v) is 9.93. The van der Waals surface area contributed by atoms with Crippen LogP contribution in [0.3, 0.4) is 0 Å². The van der Waals surface area contributed by atoms with Gasteiger partial charge in [0, 0.05) is 10.0 Å². The van der Waals surface area contributed by atoms with Gasteiger partial charge in [-0.2, -0.15) is 13.2 Å². The molecule has 1 saturated heterocycles. The number of carbonyl (C=O) groups is 1. The van der Waals surface area contributed by atoms with E-state index < -0.39 is 23.9 Å². The van der Waals surface area contributed by atoms with Crippen molar-refractivity contribution in [3.05, 3.63) is 33.8 Å². The monoisotopic (exact) mass is 309 g/mol. The lowest BCUT2D eigenvalue weighted by molar-refractivity contribution is -0.137. The normalized spacial score (nSPS) is 20.0. The van der Waals surface area contributed by atoms with Gasteiger partial charge in [0.25, 0.3) is 0 Å². The van der Waals surface area contributed by atoms with Crippen molar-refractivity contribution >= 4 is 22.0 Å². The van der Waals surface area contributed by atoms with E-state index in [0.717, 1.165) is 12.1 Å². The smallest absolute Gasteiger partial charge is 0.416 e. The minimum absolute atomic E-state index is 0.165. The van der Waals surface area contributed by atoms with E-state index in [1.807, 2.05) is 0 Å². The first kappa shape index (κ1) is 12.2. The summed E-state index contributed by atoms with van der Waals surface area (Å²) in [5, 5.41) is 2.39. The highest BCUT2D eigenvalue weighted by atomic mass is 79.9. The molecule has 1 atom stereocenters. The molecule has 1 amide bonds. The number of hydrogen-bond acceptors (Lipinski definition) is 2. The Bertz CT molecular complexity index is 461. The molecule has 1 heterocycles. The summed E-state index contributed by atoms with van der Waals surface area (Å²) in [6, 6.07) is 3.25. The highest BCUT2D eigenvalue weighted by molar-refractivity contribution is 9.10. The molecule has 1 fully saturated rings. The Balaban J connectivity index is 2.36. The van der Waals surface area contributed by atoms with Crippen LogP contribution in [-0.4, -0.2) is 12.6 Å². The maximum Gasteiger partial charge on any atom is 0.416 e. The Hall–Kier alpha value is -1.24. The number of ether oxygens (including phenoxy) is 1. The predicted molar refractivity (Wildman–Crippen MR) is 56.4 cm³/mol. The van der Waals surface area contributed by atoms with Crippen LogP contribution in [0, 0.1) is 0 Å². The number of benzene rings is 1. The lowest BCUT2D eigenvalue weighted by Gasteiger charge is -2.13. The largest absolute Gasteiger partial charge is 0.439 e. The fourth-order valence-corrected chi connectivity index (χ4v) is 2.03. The third kappa shape index (κ3) is 2.54. The molecular weight excluding hydrogens is 303 g/mol. The minimum Gasteiger partial charge on any atom is -0.439 e. The van der Waals surface area contributed by atoms with Gasteiger partial charge in [0.05, 0.1) is 12.1 Å². The van der Waals surface area contributed by atoms with E-state index in [2.05, 4.69) is 21.2 Å². The van der Waals surface area contributed by atoms with E-state index in [1.165, 1.54) is 6.07 Å². The fraction of sp³-hybridized carbons (Fsp3) is 0.300. The molecule has 0 saturated carbocycles. The molecule has 0 bridgehead atoms. The van der Waals surface area contributed by atoms with Crippen molar-refractivity contribution < 1.29 is 22.7 Å². The molecule has 1 aliphatic heterocycles. The summed E-state index contributed by atoms with van der Waals surface area (Å²) in [5.74, 6) is 0. The molecule has 0 spiro atoms. The second-order valence-electron chi connectivity index (χ2n) is 3.51. The third-order valence-corrected chi connectivity index (χ3v) is 3.07. The Labute approximate surface area is 103 Å². The topological polar surface area (TPSA) is 38.3 Å². The third-order valence-electron chi connectivity index (χ3n) is 2.35. The summed E-state index contributed by atoms with van der Waals surface area (Å²) in [4.78, 5) is 10.8. The number of halogens is 4. The molecule has 0 aliphatic carbocycles. The predicted octanol–water partition coefficient (Wildman–Crippen LogP) is 3.25. The average molecular weight is 310 g/mol. The van der Waals surface area contributed by atoms with Gasteiger partial charge in [0.15, 0.2) is 0 Å². The summed E-state index contributed by atoms with van der Waals surface area (Å²) < 4.78 is 42.9. The molecule has 0 radical (unpaired) electrons. The Kier molecular flexibility index (Phi) is 3.03. The molecule has 1 unspecified atom stereocenters. The lowest BCUT2D eigenvalue weighted by atomic mass is 10.1. The van der Waals surface area contributed by atoms with Gasteiger partial charge >= 0.3 is 12.3 Å². The van der Waals surface area contributed by atoms with Gasteiger partial charge in [0.1, 0.15) is 6.10 Å². The summed E-state index contributed by atoms with van der Waals surface area (Å²) >= 11 is 3.14. The van der Waals surface area contributed by atoms with Crippen molar-refractivity contribution in [2.75, 3.05) is 6.54 Å². The summed E-state index contributed by atoms with van der Waals surface area (Å²) in [5.41, 5.74) is -0.461. The highest BCUT2D eigenvalue weighted by Crippen LogP contribution is 2.35. The zero-order chi connectivity index (χ0) is 12.6. The number of hydrogen-bond donors (Lipinski definition) is 1. The highest BCUT2D eigenvalue weighted by Gasteiger charge is 2.33. The van der Waals surface area contributed by atoms with E-state index in [4.69, 9.17) is 4.74 Å². The van der Waals surface area contributed by atoms with E-state index in [0.29, 0.717) is 10.0 Å². The molecule has 7 heteroatoms. The number of cyclic esters (lactones) is 1. The number of rotatable bonds is 1. The van der Waals surface area contributed by atoms with Gasteiger partial charge < -0.3 is 10.1 Å². The van der Waals surface area contributed by atoms with Crippen molar-refractivity contribution in [1.29, 1.82) is 0 Å². The zero-order valence-electron chi connectivity index (χ0n) is 8.34. The maximum atomic E-state index is 12.5. The first-order chi connectivity index (χ1) is 7.88. The number of alkyl halides is 3. The maximum absolute atomic E-state index is 12.5. The summed E-state index contributed by atoms with van der Waals surface area (Å²) in [7, 11) is 0. The quantitative estimate of drug-likeness (QED) is 0.865. The fourth-order valence-electron chi connectivity index (χ4n) is 1.53. The van der Waals surface area contributed by atoms with Crippen LogP contribution in [0.1, 0.15) is 17.2 Å². The second kappa shape index (κ2) is 4.21. The van der Waals surface area contributed by atoms with E-state index in [9.17, 15) is 18.0 Å². The molecule has 1 aromatic carbocycles. The Morgan fingerprint density at radius 1 is 1.41 bits per heavy atom. The number of carbonyl (C=O) groups excluding carboxylic acids is 1. The molecule has 17 heavy (non-hydrogen) atoms.